The molecule has 1 amide bonds. The van der Waals surface area contributed by atoms with Gasteiger partial charge in [-0.25, -0.2) is 8.78 Å². The first-order valence-corrected chi connectivity index (χ1v) is 5.53. The zero-order valence-corrected chi connectivity index (χ0v) is 9.54. The van der Waals surface area contributed by atoms with Gasteiger partial charge in [-0.05, 0) is 30.7 Å². The number of hydrogen-bond acceptors (Lipinski definition) is 1. The third-order valence-electron chi connectivity index (χ3n) is 2.51. The summed E-state index contributed by atoms with van der Waals surface area (Å²) in [6.45, 7) is 0. The minimum Gasteiger partial charge on any atom is -0.365 e. The van der Waals surface area contributed by atoms with Crippen molar-refractivity contribution in [2.24, 2.45) is 0 Å². The molecule has 0 aliphatic heterocycles. The van der Waals surface area contributed by atoms with Gasteiger partial charge in [0.15, 0.2) is 0 Å². The number of anilines is 1. The first kappa shape index (κ1) is 12.3. The molecule has 18 heavy (non-hydrogen) atoms. The van der Waals surface area contributed by atoms with Crippen LogP contribution >= 0.6 is 0 Å². The van der Waals surface area contributed by atoms with Gasteiger partial charge in [0.1, 0.15) is 17.3 Å². The summed E-state index contributed by atoms with van der Waals surface area (Å²) < 4.78 is 26.5. The fraction of sp³-hybridized carbons (Fsp3) is 0.154. The molecule has 0 saturated carbocycles. The van der Waals surface area contributed by atoms with Crippen molar-refractivity contribution in [2.45, 2.75) is 12.8 Å². The number of nitrogens with one attached hydrogen (secondary N) is 2. The van der Waals surface area contributed by atoms with Gasteiger partial charge < -0.3 is 10.3 Å². The van der Waals surface area contributed by atoms with E-state index < -0.39 is 23.2 Å². The summed E-state index contributed by atoms with van der Waals surface area (Å²) in [5.41, 5.74) is 0.508. The number of para-hydroxylation sites is 1. The second-order valence-electron chi connectivity index (χ2n) is 3.84. The molecule has 2 aromatic rings. The maximum Gasteiger partial charge on any atom is 0.224 e. The molecule has 5 heteroatoms. The lowest BCUT2D eigenvalue weighted by atomic mass is 10.2. The number of carbonyl (C=O) groups excluding carboxylic acids is 1. The van der Waals surface area contributed by atoms with E-state index in [0.29, 0.717) is 6.42 Å². The van der Waals surface area contributed by atoms with Crippen LogP contribution in [0.25, 0.3) is 0 Å². The minimum absolute atomic E-state index is 0.161. The normalized spacial score (nSPS) is 10.3. The summed E-state index contributed by atoms with van der Waals surface area (Å²) in [5.74, 6) is -1.97. The lowest BCUT2D eigenvalue weighted by Gasteiger charge is -2.06. The molecule has 0 saturated heterocycles. The summed E-state index contributed by atoms with van der Waals surface area (Å²) in [5, 5.41) is 2.24. The van der Waals surface area contributed by atoms with E-state index >= 15 is 0 Å². The minimum atomic E-state index is -0.775. The second-order valence-corrected chi connectivity index (χ2v) is 3.84. The molecule has 94 valence electrons. The van der Waals surface area contributed by atoms with Crippen molar-refractivity contribution in [1.82, 2.24) is 4.98 Å². The predicted octanol–water partition coefficient (Wildman–Crippen LogP) is 2.86. The Kier molecular flexibility index (Phi) is 3.72. The van der Waals surface area contributed by atoms with E-state index in [4.69, 9.17) is 0 Å². The zero-order chi connectivity index (χ0) is 13.0. The molecule has 1 aromatic carbocycles. The van der Waals surface area contributed by atoms with Crippen LogP contribution in [0, 0.1) is 11.6 Å². The number of hydrogen-bond donors (Lipinski definition) is 2. The maximum atomic E-state index is 13.3. The Balaban J connectivity index is 1.95. The van der Waals surface area contributed by atoms with Crippen molar-refractivity contribution in [3.8, 4) is 0 Å². The predicted molar refractivity (Wildman–Crippen MR) is 64.1 cm³/mol. The molecule has 1 aromatic heterocycles. The van der Waals surface area contributed by atoms with Gasteiger partial charge in [0.05, 0.1) is 0 Å². The van der Waals surface area contributed by atoms with Gasteiger partial charge in [-0.2, -0.15) is 0 Å². The van der Waals surface area contributed by atoms with Crippen molar-refractivity contribution in [1.29, 1.82) is 0 Å². The van der Waals surface area contributed by atoms with Crippen LogP contribution in [0.5, 0.6) is 0 Å². The van der Waals surface area contributed by atoms with Crippen molar-refractivity contribution < 1.29 is 13.6 Å². The number of halogens is 2. The van der Waals surface area contributed by atoms with Crippen LogP contribution in [0.4, 0.5) is 14.5 Å². The molecule has 2 N–H and O–H groups in total. The second kappa shape index (κ2) is 5.44. The largest absolute Gasteiger partial charge is 0.365 e. The molecule has 0 radical (unpaired) electrons. The number of carbonyl (C=O) groups is 1. The van der Waals surface area contributed by atoms with E-state index in [9.17, 15) is 13.6 Å². The van der Waals surface area contributed by atoms with E-state index in [2.05, 4.69) is 10.3 Å². The molecule has 0 fully saturated rings. The molecule has 2 rings (SSSR count). The lowest BCUT2D eigenvalue weighted by molar-refractivity contribution is -0.116. The number of aryl methyl sites for hydroxylation is 1. The molecule has 0 spiro atoms. The monoisotopic (exact) mass is 250 g/mol. The average molecular weight is 250 g/mol. The Morgan fingerprint density at radius 2 is 1.89 bits per heavy atom. The standard InChI is InChI=1S/C13H12F2N2O/c14-10-4-1-5-11(15)13(10)17-12(18)7-6-9-3-2-8-16-9/h1-5,8,16H,6-7H2,(H,17,18). The number of amides is 1. The van der Waals surface area contributed by atoms with Crippen LogP contribution in [0.1, 0.15) is 12.1 Å². The molecule has 1 heterocycles. The Hall–Kier alpha value is -2.17. The number of aromatic amines is 1. The quantitative estimate of drug-likeness (QED) is 0.861. The molecule has 0 bridgehead atoms. The van der Waals surface area contributed by atoms with Gasteiger partial charge in [0, 0.05) is 18.3 Å². The summed E-state index contributed by atoms with van der Waals surface area (Å²) >= 11 is 0. The Bertz CT molecular complexity index is 518. The highest BCUT2D eigenvalue weighted by molar-refractivity contribution is 5.91. The van der Waals surface area contributed by atoms with Crippen LogP contribution in [0.3, 0.4) is 0 Å². The van der Waals surface area contributed by atoms with E-state index in [1.54, 1.807) is 6.20 Å². The first-order valence-electron chi connectivity index (χ1n) is 5.53. The van der Waals surface area contributed by atoms with E-state index in [-0.39, 0.29) is 6.42 Å². The Morgan fingerprint density at radius 3 is 2.50 bits per heavy atom. The van der Waals surface area contributed by atoms with Gasteiger partial charge >= 0.3 is 0 Å². The molecule has 0 aliphatic rings. The van der Waals surface area contributed by atoms with Crippen molar-refractivity contribution >= 4 is 11.6 Å². The molecule has 0 unspecified atom stereocenters. The third-order valence-corrected chi connectivity index (χ3v) is 2.51. The highest BCUT2D eigenvalue weighted by atomic mass is 19.1. The fourth-order valence-electron chi connectivity index (χ4n) is 1.59. The summed E-state index contributed by atoms with van der Waals surface area (Å²) in [6, 6.07) is 7.12. The van der Waals surface area contributed by atoms with Gasteiger partial charge in [-0.3, -0.25) is 4.79 Å². The van der Waals surface area contributed by atoms with Gasteiger partial charge in [0.25, 0.3) is 0 Å². The van der Waals surface area contributed by atoms with Crippen molar-refractivity contribution in [3.63, 3.8) is 0 Å². The number of rotatable bonds is 4. The van der Waals surface area contributed by atoms with E-state index in [0.717, 1.165) is 17.8 Å². The molecular formula is C13H12F2N2O. The van der Waals surface area contributed by atoms with E-state index in [1.807, 2.05) is 12.1 Å². The van der Waals surface area contributed by atoms with Gasteiger partial charge in [-0.15, -0.1) is 0 Å². The summed E-state index contributed by atoms with van der Waals surface area (Å²) in [7, 11) is 0. The highest BCUT2D eigenvalue weighted by Crippen LogP contribution is 2.18. The molecule has 3 nitrogen and oxygen atoms in total. The number of aromatic nitrogens is 1. The van der Waals surface area contributed by atoms with Crippen molar-refractivity contribution in [2.75, 3.05) is 5.32 Å². The van der Waals surface area contributed by atoms with Crippen LogP contribution < -0.4 is 5.32 Å². The highest BCUT2D eigenvalue weighted by Gasteiger charge is 2.11. The smallest absolute Gasteiger partial charge is 0.224 e. The first-order chi connectivity index (χ1) is 8.66. The maximum absolute atomic E-state index is 13.3. The summed E-state index contributed by atoms with van der Waals surface area (Å²) in [6.07, 6.45) is 2.41. The number of benzene rings is 1. The van der Waals surface area contributed by atoms with Gasteiger partial charge in [-0.1, -0.05) is 6.07 Å². The topological polar surface area (TPSA) is 44.9 Å². The zero-order valence-electron chi connectivity index (χ0n) is 9.54. The van der Waals surface area contributed by atoms with Gasteiger partial charge in [0.2, 0.25) is 5.91 Å². The van der Waals surface area contributed by atoms with Crippen LogP contribution in [0.15, 0.2) is 36.5 Å². The molecule has 0 atom stereocenters. The SMILES string of the molecule is O=C(CCc1ccc[nH]1)Nc1c(F)cccc1F. The molecule has 0 aliphatic carbocycles. The Morgan fingerprint density at radius 1 is 1.17 bits per heavy atom. The van der Waals surface area contributed by atoms with Crippen molar-refractivity contribution in [3.05, 3.63) is 53.9 Å². The Labute approximate surface area is 103 Å². The summed E-state index contributed by atoms with van der Waals surface area (Å²) in [4.78, 5) is 14.5. The molecular weight excluding hydrogens is 238 g/mol. The van der Waals surface area contributed by atoms with E-state index in [1.165, 1.54) is 6.07 Å². The fourth-order valence-corrected chi connectivity index (χ4v) is 1.59. The lowest BCUT2D eigenvalue weighted by Crippen LogP contribution is -2.14. The third kappa shape index (κ3) is 2.94. The average Bonchev–Trinajstić information content (AvgIpc) is 2.84. The van der Waals surface area contributed by atoms with Crippen LogP contribution in [-0.4, -0.2) is 10.9 Å². The number of H-pyrrole nitrogens is 1. The van der Waals surface area contributed by atoms with Crippen LogP contribution in [-0.2, 0) is 11.2 Å². The van der Waals surface area contributed by atoms with Crippen LogP contribution in [0.2, 0.25) is 0 Å².